The van der Waals surface area contributed by atoms with Gasteiger partial charge in [0, 0.05) is 107 Å². The highest BCUT2D eigenvalue weighted by molar-refractivity contribution is 6.09. The number of fused-ring (bicyclic) bond motifs is 4. The molecule has 12 rings (SSSR count). The summed E-state index contributed by atoms with van der Waals surface area (Å²) in [5.74, 6) is 0.549. The normalized spacial score (nSPS) is 22.7. The largest absolute Gasteiger partial charge is 0.378 e. The molecule has 0 unspecified atom stereocenters. The molecule has 4 saturated heterocycles. The van der Waals surface area contributed by atoms with E-state index in [9.17, 15) is 14.9 Å². The molecule has 0 spiro atoms. The number of hydrogen-bond acceptors (Lipinski definition) is 14. The van der Waals surface area contributed by atoms with Crippen molar-refractivity contribution in [3.63, 3.8) is 0 Å². The number of amides is 3. The molecule has 1 N–H and O–H groups in total. The topological polar surface area (TPSA) is 187 Å². The van der Waals surface area contributed by atoms with E-state index in [-0.39, 0.29) is 42.8 Å². The van der Waals surface area contributed by atoms with Crippen molar-refractivity contribution in [3.8, 4) is 28.6 Å². The van der Waals surface area contributed by atoms with E-state index in [0.717, 1.165) is 81.0 Å². The van der Waals surface area contributed by atoms with Gasteiger partial charge in [-0.15, -0.1) is 0 Å². The molecular formula is C49H51FN16O3. The Hall–Kier alpha value is -7.34. The van der Waals surface area contributed by atoms with Crippen LogP contribution in [0.15, 0.2) is 79.6 Å². The van der Waals surface area contributed by atoms with Gasteiger partial charge in [0.2, 0.25) is 5.91 Å². The number of nitrogens with zero attached hydrogens (tertiary/aromatic N) is 15. The molecule has 0 radical (unpaired) electrons. The molecule has 1 saturated carbocycles. The lowest BCUT2D eigenvalue weighted by atomic mass is 9.90. The zero-order valence-corrected chi connectivity index (χ0v) is 38.2. The minimum absolute atomic E-state index is 0.164. The predicted octanol–water partition coefficient (Wildman–Crippen LogP) is 4.79. The lowest BCUT2D eigenvalue weighted by Gasteiger charge is -2.50. The number of ether oxygens (including phenoxy) is 1. The number of imide groups is 1. The van der Waals surface area contributed by atoms with Gasteiger partial charge in [-0.25, -0.2) is 23.7 Å². The number of nitrogens with one attached hydrogen (secondary N) is 1. The first-order valence-electron chi connectivity index (χ1n) is 23.8. The van der Waals surface area contributed by atoms with Crippen LogP contribution in [0.25, 0.3) is 38.9 Å². The first-order valence-corrected chi connectivity index (χ1v) is 23.8. The van der Waals surface area contributed by atoms with Crippen LogP contribution in [-0.2, 0) is 23.1 Å². The summed E-state index contributed by atoms with van der Waals surface area (Å²) in [4.78, 5) is 49.9. The predicted molar refractivity (Wildman–Crippen MR) is 254 cm³/mol. The number of halogens is 1. The van der Waals surface area contributed by atoms with Crippen LogP contribution in [-0.4, -0.2) is 143 Å². The van der Waals surface area contributed by atoms with Gasteiger partial charge in [-0.1, -0.05) is 6.07 Å². The van der Waals surface area contributed by atoms with Crippen LogP contribution in [0.2, 0.25) is 0 Å². The third-order valence-electron chi connectivity index (χ3n) is 14.8. The maximum Gasteiger partial charge on any atom is 0.329 e. The monoisotopic (exact) mass is 930 g/mol. The van der Waals surface area contributed by atoms with E-state index >= 15 is 4.39 Å². The van der Waals surface area contributed by atoms with Crippen LogP contribution in [0.5, 0.6) is 0 Å². The van der Waals surface area contributed by atoms with Gasteiger partial charge in [-0.3, -0.25) is 39.2 Å². The lowest BCUT2D eigenvalue weighted by molar-refractivity contribution is -0.120. The molecule has 5 fully saturated rings. The Labute approximate surface area is 396 Å². The number of carbonyl (C=O) groups is 2. The molecule has 5 aliphatic rings. The highest BCUT2D eigenvalue weighted by Crippen LogP contribution is 2.37. The quantitative estimate of drug-likeness (QED) is 0.208. The van der Waals surface area contributed by atoms with E-state index in [0.29, 0.717) is 77.2 Å². The molecule has 2 atom stereocenters. The maximum atomic E-state index is 16.2. The maximum absolute atomic E-state index is 16.2. The SMILES string of the molecule is Cn1nc(N2CCC(=O)NC2=O)c2ccc(N3CCN(C4CCC(n5cc(-c6cn7ncc(C#N)c7c(-c7ccc(N8C[C@H]9COC[C@@H](C8)N9Cc8ccccn8)nc7)n6)cn5)CC4)CC3)c(F)c21. The van der Waals surface area contributed by atoms with E-state index < -0.39 is 6.03 Å². The van der Waals surface area contributed by atoms with Crippen LogP contribution >= 0.6 is 0 Å². The smallest absolute Gasteiger partial charge is 0.329 e. The number of nitriles is 1. The Bertz CT molecular complexity index is 3100. The van der Waals surface area contributed by atoms with Crippen molar-refractivity contribution < 1.29 is 18.7 Å². The number of morpholine rings is 1. The van der Waals surface area contributed by atoms with Crippen molar-refractivity contribution in [2.24, 2.45) is 7.05 Å². The third kappa shape index (κ3) is 7.89. The number of urea groups is 1. The summed E-state index contributed by atoms with van der Waals surface area (Å²) in [6.07, 6.45) is 15.3. The summed E-state index contributed by atoms with van der Waals surface area (Å²) < 4.78 is 27.5. The van der Waals surface area contributed by atoms with Crippen LogP contribution in [0.4, 0.5) is 26.5 Å². The zero-order valence-electron chi connectivity index (χ0n) is 38.2. The van der Waals surface area contributed by atoms with Gasteiger partial charge in [-0.05, 0) is 62.1 Å². The molecule has 19 nitrogen and oxygen atoms in total. The van der Waals surface area contributed by atoms with Gasteiger partial charge >= 0.3 is 6.03 Å². The fourth-order valence-electron chi connectivity index (χ4n) is 11.2. The Morgan fingerprint density at radius 3 is 2.38 bits per heavy atom. The van der Waals surface area contributed by atoms with Crippen molar-refractivity contribution in [1.82, 2.24) is 59.2 Å². The lowest BCUT2D eigenvalue weighted by Crippen LogP contribution is -2.64. The van der Waals surface area contributed by atoms with Crippen molar-refractivity contribution in [1.29, 1.82) is 5.26 Å². The Balaban J connectivity index is 0.696. The van der Waals surface area contributed by atoms with Crippen LogP contribution in [0, 0.1) is 17.1 Å². The average Bonchev–Trinajstić information content (AvgIpc) is 4.12. The van der Waals surface area contributed by atoms with Crippen LogP contribution < -0.4 is 20.0 Å². The summed E-state index contributed by atoms with van der Waals surface area (Å²) in [5.41, 5.74) is 6.00. The summed E-state index contributed by atoms with van der Waals surface area (Å²) in [7, 11) is 1.68. The number of aryl methyl sites for hydroxylation is 1. The molecule has 3 amide bonds. The van der Waals surface area contributed by atoms with Gasteiger partial charge < -0.3 is 14.5 Å². The minimum Gasteiger partial charge on any atom is -0.378 e. The fraction of sp³-hybridized carbons (Fsp3) is 0.408. The average molecular weight is 931 g/mol. The van der Waals surface area contributed by atoms with Crippen molar-refractivity contribution in [3.05, 3.63) is 96.7 Å². The van der Waals surface area contributed by atoms with E-state index in [4.69, 9.17) is 19.8 Å². The van der Waals surface area contributed by atoms with Crippen molar-refractivity contribution in [2.75, 3.05) is 73.7 Å². The Morgan fingerprint density at radius 1 is 0.826 bits per heavy atom. The van der Waals surface area contributed by atoms with Gasteiger partial charge in [0.05, 0.1) is 72.7 Å². The van der Waals surface area contributed by atoms with Gasteiger partial charge in [0.1, 0.15) is 28.5 Å². The highest BCUT2D eigenvalue weighted by Gasteiger charge is 2.39. The molecule has 4 aliphatic heterocycles. The summed E-state index contributed by atoms with van der Waals surface area (Å²) in [6, 6.07) is 16.6. The Kier molecular flexibility index (Phi) is 11.0. The van der Waals surface area contributed by atoms with E-state index in [2.05, 4.69) is 63.1 Å². The number of benzene rings is 1. The third-order valence-corrected chi connectivity index (χ3v) is 14.8. The molecule has 1 aromatic carbocycles. The molecule has 352 valence electrons. The molecule has 10 heterocycles. The number of piperazine rings is 2. The number of anilines is 3. The molecule has 69 heavy (non-hydrogen) atoms. The first-order chi connectivity index (χ1) is 33.8. The first kappa shape index (κ1) is 43.0. The van der Waals surface area contributed by atoms with Crippen molar-refractivity contribution >= 4 is 45.7 Å². The standard InChI is InChI=1S/C49H51FN16O3/c1-59-47-39(48(58-59)63-15-13-43(67)57-49(63)68)10-11-41(44(47)50)61-18-16-60(17-19-61)35-6-8-36(9-7-35)65-24-33(23-54-65)40-28-66-46(32(20-51)22-55-66)45(56-40)31-5-12-42(53-21-31)62-26-37-29-69-30-38(27-62)64(37)25-34-4-2-3-14-52-34/h2-5,10-12,14,21-24,28,35-38H,6-9,13,15-19,25-27,29-30H2,1H3,(H,57,67,68)/t35?,36?,37-,38+. The van der Waals surface area contributed by atoms with Crippen molar-refractivity contribution in [2.45, 2.75) is 62.8 Å². The van der Waals surface area contributed by atoms with Crippen LogP contribution in [0.3, 0.4) is 0 Å². The molecular weight excluding hydrogens is 880 g/mol. The van der Waals surface area contributed by atoms with Crippen LogP contribution in [0.1, 0.15) is 49.4 Å². The molecule has 20 heteroatoms. The summed E-state index contributed by atoms with van der Waals surface area (Å²) in [6.45, 7) is 6.95. The second-order valence-electron chi connectivity index (χ2n) is 18.8. The molecule has 1 aliphatic carbocycles. The number of hydrogen-bond donors (Lipinski definition) is 1. The fourth-order valence-corrected chi connectivity index (χ4v) is 11.2. The highest BCUT2D eigenvalue weighted by atomic mass is 19.1. The molecule has 7 aromatic rings. The number of rotatable bonds is 9. The number of aromatic nitrogens is 9. The zero-order chi connectivity index (χ0) is 46.8. The van der Waals surface area contributed by atoms with E-state index in [1.54, 1.807) is 23.8 Å². The molecule has 6 aromatic heterocycles. The minimum atomic E-state index is -0.546. The second-order valence-corrected chi connectivity index (χ2v) is 18.8. The van der Waals surface area contributed by atoms with Gasteiger partial charge in [-0.2, -0.15) is 20.6 Å². The van der Waals surface area contributed by atoms with Gasteiger partial charge in [0.25, 0.3) is 0 Å². The number of pyridine rings is 2. The number of carbonyl (C=O) groups excluding carboxylic acids is 2. The Morgan fingerprint density at radius 2 is 1.64 bits per heavy atom. The van der Waals surface area contributed by atoms with E-state index in [1.165, 1.54) is 9.58 Å². The summed E-state index contributed by atoms with van der Waals surface area (Å²) in [5, 5.41) is 26.8. The molecule has 2 bridgehead atoms. The van der Waals surface area contributed by atoms with E-state index in [1.807, 2.05) is 55.1 Å². The second kappa shape index (κ2) is 17.6. The summed E-state index contributed by atoms with van der Waals surface area (Å²) >= 11 is 0. The van der Waals surface area contributed by atoms with Gasteiger partial charge in [0.15, 0.2) is 11.6 Å².